The molecule has 1 aromatic heterocycles. The zero-order chi connectivity index (χ0) is 10.2. The van der Waals surface area contributed by atoms with Gasteiger partial charge in [0.15, 0.2) is 15.0 Å². The molecule has 1 aliphatic heterocycles. The van der Waals surface area contributed by atoms with Crippen molar-refractivity contribution < 1.29 is 8.42 Å². The highest BCUT2D eigenvalue weighted by Gasteiger charge is 2.25. The second-order valence-electron chi connectivity index (χ2n) is 3.09. The van der Waals surface area contributed by atoms with Gasteiger partial charge in [-0.1, -0.05) is 11.8 Å². The molecule has 0 radical (unpaired) electrons. The van der Waals surface area contributed by atoms with Crippen molar-refractivity contribution in [1.29, 1.82) is 0 Å². The van der Waals surface area contributed by atoms with Crippen LogP contribution in [0.4, 0.5) is 0 Å². The molecule has 2 rings (SSSR count). The number of thioether (sulfide) groups is 1. The summed E-state index contributed by atoms with van der Waals surface area (Å²) in [5.74, 6) is 0.224. The second-order valence-corrected chi connectivity index (χ2v) is 5.94. The van der Waals surface area contributed by atoms with Gasteiger partial charge in [0.1, 0.15) is 4.90 Å². The Morgan fingerprint density at radius 3 is 3.00 bits per heavy atom. The highest BCUT2D eigenvalue weighted by atomic mass is 32.2. The first-order chi connectivity index (χ1) is 6.63. The summed E-state index contributed by atoms with van der Waals surface area (Å²) in [6, 6.07) is 0. The smallest absolute Gasteiger partial charge is 0.187 e. The molecule has 6 heteroatoms. The molecule has 0 aliphatic carbocycles. The van der Waals surface area contributed by atoms with Gasteiger partial charge in [0.05, 0.1) is 17.6 Å². The molecule has 14 heavy (non-hydrogen) atoms. The van der Waals surface area contributed by atoms with Gasteiger partial charge in [-0.2, -0.15) is 0 Å². The van der Waals surface area contributed by atoms with E-state index in [1.165, 1.54) is 18.0 Å². The second kappa shape index (κ2) is 3.51. The summed E-state index contributed by atoms with van der Waals surface area (Å²) in [4.78, 5) is 8.50. The summed E-state index contributed by atoms with van der Waals surface area (Å²) in [6.07, 6.45) is 4.71. The molecule has 0 aromatic carbocycles. The lowest BCUT2D eigenvalue weighted by atomic mass is 10.2. The first kappa shape index (κ1) is 9.92. The number of sulfone groups is 1. The van der Waals surface area contributed by atoms with E-state index in [1.54, 1.807) is 0 Å². The van der Waals surface area contributed by atoms with Crippen molar-refractivity contribution >= 4 is 21.6 Å². The summed E-state index contributed by atoms with van der Waals surface area (Å²) in [6.45, 7) is 0. The van der Waals surface area contributed by atoms with E-state index in [-0.39, 0.29) is 5.75 Å². The fourth-order valence-electron chi connectivity index (χ4n) is 1.46. The molecule has 0 fully saturated rings. The summed E-state index contributed by atoms with van der Waals surface area (Å²) >= 11 is 1.42. The molecule has 1 aliphatic rings. The highest BCUT2D eigenvalue weighted by molar-refractivity contribution is 7.98. The Labute approximate surface area is 87.1 Å². The number of fused-ring (bicyclic) bond motifs is 1. The van der Waals surface area contributed by atoms with Crippen LogP contribution in [0.15, 0.2) is 16.2 Å². The maximum absolute atomic E-state index is 11.6. The lowest BCUT2D eigenvalue weighted by Crippen LogP contribution is -2.18. The summed E-state index contributed by atoms with van der Waals surface area (Å²) < 4.78 is 23.2. The monoisotopic (exact) mass is 230 g/mol. The third-order valence-electron chi connectivity index (χ3n) is 2.15. The SMILES string of the molecule is CSc1ncc2c(n1)CCCS2(=O)=O. The predicted octanol–water partition coefficient (Wildman–Crippen LogP) is 0.918. The van der Waals surface area contributed by atoms with Gasteiger partial charge in [0.25, 0.3) is 0 Å². The van der Waals surface area contributed by atoms with E-state index < -0.39 is 9.84 Å². The van der Waals surface area contributed by atoms with Gasteiger partial charge in [-0.05, 0) is 19.1 Å². The van der Waals surface area contributed by atoms with Crippen LogP contribution in [-0.4, -0.2) is 30.4 Å². The van der Waals surface area contributed by atoms with E-state index in [9.17, 15) is 8.42 Å². The largest absolute Gasteiger partial charge is 0.230 e. The standard InChI is InChI=1S/C8H10N2O2S2/c1-13-8-9-5-7-6(10-8)3-2-4-14(7,11)12/h5H,2-4H2,1H3. The van der Waals surface area contributed by atoms with Crippen LogP contribution < -0.4 is 0 Å². The first-order valence-electron chi connectivity index (χ1n) is 4.26. The fraction of sp³-hybridized carbons (Fsp3) is 0.500. The van der Waals surface area contributed by atoms with Gasteiger partial charge in [-0.15, -0.1) is 0 Å². The molecule has 0 saturated carbocycles. The minimum atomic E-state index is -3.10. The summed E-state index contributed by atoms with van der Waals surface area (Å²) in [5.41, 5.74) is 0.676. The molecular formula is C8H10N2O2S2. The molecule has 1 aromatic rings. The lowest BCUT2D eigenvalue weighted by molar-refractivity contribution is 0.581. The molecule has 4 nitrogen and oxygen atoms in total. The Hall–Kier alpha value is -0.620. The van der Waals surface area contributed by atoms with Gasteiger partial charge in [-0.3, -0.25) is 0 Å². The van der Waals surface area contributed by atoms with Gasteiger partial charge in [0.2, 0.25) is 0 Å². The van der Waals surface area contributed by atoms with E-state index in [2.05, 4.69) is 9.97 Å². The third-order valence-corrected chi connectivity index (χ3v) is 4.55. The van der Waals surface area contributed by atoms with Crippen molar-refractivity contribution in [3.63, 3.8) is 0 Å². The van der Waals surface area contributed by atoms with E-state index >= 15 is 0 Å². The summed E-state index contributed by atoms with van der Waals surface area (Å²) in [7, 11) is -3.10. The number of aromatic nitrogens is 2. The minimum Gasteiger partial charge on any atom is -0.230 e. The van der Waals surface area contributed by atoms with Crippen molar-refractivity contribution in [3.8, 4) is 0 Å². The van der Waals surface area contributed by atoms with Gasteiger partial charge >= 0.3 is 0 Å². The van der Waals surface area contributed by atoms with Gasteiger partial charge in [0, 0.05) is 0 Å². The average Bonchev–Trinajstić information content (AvgIpc) is 2.16. The molecule has 0 unspecified atom stereocenters. The maximum atomic E-state index is 11.6. The van der Waals surface area contributed by atoms with Crippen LogP contribution in [0.2, 0.25) is 0 Å². The minimum absolute atomic E-state index is 0.224. The molecule has 0 N–H and O–H groups in total. The predicted molar refractivity (Wildman–Crippen MR) is 54.2 cm³/mol. The fourth-order valence-corrected chi connectivity index (χ4v) is 3.29. The third kappa shape index (κ3) is 1.64. The molecule has 76 valence electrons. The van der Waals surface area contributed by atoms with E-state index in [0.717, 1.165) is 6.42 Å². The van der Waals surface area contributed by atoms with Crippen molar-refractivity contribution in [2.75, 3.05) is 12.0 Å². The van der Waals surface area contributed by atoms with Crippen molar-refractivity contribution in [3.05, 3.63) is 11.9 Å². The zero-order valence-electron chi connectivity index (χ0n) is 7.73. The van der Waals surface area contributed by atoms with Gasteiger partial charge in [-0.25, -0.2) is 18.4 Å². The van der Waals surface area contributed by atoms with Crippen LogP contribution in [0.3, 0.4) is 0 Å². The zero-order valence-corrected chi connectivity index (χ0v) is 9.36. The molecule has 0 amide bonds. The highest BCUT2D eigenvalue weighted by Crippen LogP contribution is 2.23. The molecule has 0 atom stereocenters. The van der Waals surface area contributed by atoms with Crippen molar-refractivity contribution in [1.82, 2.24) is 9.97 Å². The normalized spacial score (nSPS) is 18.9. The van der Waals surface area contributed by atoms with Crippen molar-refractivity contribution in [2.45, 2.75) is 22.9 Å². The number of nitrogens with zero attached hydrogens (tertiary/aromatic N) is 2. The number of hydrogen-bond acceptors (Lipinski definition) is 5. The Morgan fingerprint density at radius 1 is 1.50 bits per heavy atom. The number of rotatable bonds is 1. The molecule has 0 saturated heterocycles. The van der Waals surface area contributed by atoms with Crippen LogP contribution >= 0.6 is 11.8 Å². The first-order valence-corrected chi connectivity index (χ1v) is 7.14. The summed E-state index contributed by atoms with van der Waals surface area (Å²) in [5, 5.41) is 0.640. The maximum Gasteiger partial charge on any atom is 0.187 e. The van der Waals surface area contributed by atoms with E-state index in [0.29, 0.717) is 22.2 Å². The van der Waals surface area contributed by atoms with Crippen LogP contribution in [0, 0.1) is 0 Å². The quantitative estimate of drug-likeness (QED) is 0.530. The van der Waals surface area contributed by atoms with Gasteiger partial charge < -0.3 is 0 Å². The number of aryl methyl sites for hydroxylation is 1. The van der Waals surface area contributed by atoms with Crippen LogP contribution in [0.5, 0.6) is 0 Å². The Morgan fingerprint density at radius 2 is 2.29 bits per heavy atom. The molecular weight excluding hydrogens is 220 g/mol. The Balaban J connectivity index is 2.58. The average molecular weight is 230 g/mol. The van der Waals surface area contributed by atoms with E-state index in [1.807, 2.05) is 6.26 Å². The Kier molecular flexibility index (Phi) is 2.48. The number of hydrogen-bond donors (Lipinski definition) is 0. The van der Waals surface area contributed by atoms with E-state index in [4.69, 9.17) is 0 Å². The van der Waals surface area contributed by atoms with Crippen molar-refractivity contribution in [2.24, 2.45) is 0 Å². The van der Waals surface area contributed by atoms with Crippen LogP contribution in [0.25, 0.3) is 0 Å². The molecule has 0 bridgehead atoms. The molecule has 2 heterocycles. The molecule has 0 spiro atoms. The lowest BCUT2D eigenvalue weighted by Gasteiger charge is -2.14. The Bertz CT molecular complexity index is 456. The topological polar surface area (TPSA) is 59.9 Å². The van der Waals surface area contributed by atoms with Crippen LogP contribution in [-0.2, 0) is 16.3 Å². The van der Waals surface area contributed by atoms with Crippen LogP contribution in [0.1, 0.15) is 12.1 Å².